The zero-order valence-corrected chi connectivity index (χ0v) is 7.04. The average Bonchev–Trinajstić information content (AvgIpc) is 1.89. The summed E-state index contributed by atoms with van der Waals surface area (Å²) >= 11 is 0. The lowest BCUT2D eigenvalue weighted by molar-refractivity contribution is -0.132. The molecule has 0 atom stereocenters. The molecule has 0 aliphatic heterocycles. The van der Waals surface area contributed by atoms with Crippen LogP contribution in [0, 0.1) is 0 Å². The minimum Gasteiger partial charge on any atom is -0.478 e. The van der Waals surface area contributed by atoms with E-state index in [1.165, 1.54) is 6.92 Å². The molecule has 5 nitrogen and oxygen atoms in total. The number of carbonyl (C=O) groups is 2. The van der Waals surface area contributed by atoms with Gasteiger partial charge in [-0.1, -0.05) is 13.2 Å². The second-order valence-corrected chi connectivity index (χ2v) is 1.69. The molecule has 0 unspecified atom stereocenters. The van der Waals surface area contributed by atoms with Gasteiger partial charge in [0, 0.05) is 5.57 Å². The van der Waals surface area contributed by atoms with E-state index in [4.69, 9.17) is 5.11 Å². The van der Waals surface area contributed by atoms with Crippen LogP contribution in [0.15, 0.2) is 24.8 Å². The second-order valence-electron chi connectivity index (χ2n) is 1.69. The molecule has 1 amide bonds. The molecule has 0 rings (SSSR count). The van der Waals surface area contributed by atoms with Gasteiger partial charge in [-0.2, -0.15) is 0 Å². The molecule has 0 fully saturated rings. The molecule has 5 heteroatoms. The molecule has 0 heterocycles. The monoisotopic (exact) mass is 174 g/mol. The van der Waals surface area contributed by atoms with Crippen molar-refractivity contribution < 1.29 is 14.7 Å². The average molecular weight is 174 g/mol. The molecule has 0 bridgehead atoms. The Morgan fingerprint density at radius 1 is 1.50 bits per heavy atom. The minimum absolute atomic E-state index is 0. The van der Waals surface area contributed by atoms with Crippen molar-refractivity contribution in [1.29, 1.82) is 0 Å². The predicted molar refractivity (Wildman–Crippen MR) is 46.9 cm³/mol. The summed E-state index contributed by atoms with van der Waals surface area (Å²) in [6.45, 7) is 7.69. The van der Waals surface area contributed by atoms with Crippen molar-refractivity contribution in [2.75, 3.05) is 0 Å². The quantitative estimate of drug-likeness (QED) is 0.527. The van der Waals surface area contributed by atoms with Gasteiger partial charge >= 0.3 is 5.97 Å². The fourth-order valence-electron chi connectivity index (χ4n) is 0. The van der Waals surface area contributed by atoms with Crippen molar-refractivity contribution >= 4 is 11.9 Å². The number of aliphatic carboxylic acids is 1. The van der Waals surface area contributed by atoms with Crippen LogP contribution in [0.4, 0.5) is 0 Å². The lowest BCUT2D eigenvalue weighted by Crippen LogP contribution is -2.04. The van der Waals surface area contributed by atoms with E-state index in [0.717, 1.165) is 6.08 Å². The zero-order valence-electron chi connectivity index (χ0n) is 7.04. The van der Waals surface area contributed by atoms with Crippen molar-refractivity contribution in [2.45, 2.75) is 6.92 Å². The number of carboxylic acids is 1. The van der Waals surface area contributed by atoms with E-state index in [-0.39, 0.29) is 11.7 Å². The van der Waals surface area contributed by atoms with Gasteiger partial charge in [-0.05, 0) is 13.0 Å². The van der Waals surface area contributed by atoms with Gasteiger partial charge in [-0.15, -0.1) is 0 Å². The highest BCUT2D eigenvalue weighted by Gasteiger charge is 1.90. The number of hydrogen-bond acceptors (Lipinski definition) is 3. The first-order chi connectivity index (χ1) is 4.91. The third-order valence-electron chi connectivity index (χ3n) is 0.566. The van der Waals surface area contributed by atoms with Crippen molar-refractivity contribution in [3.8, 4) is 0 Å². The number of amides is 1. The van der Waals surface area contributed by atoms with Gasteiger partial charge in [0.15, 0.2) is 0 Å². The number of nitrogens with two attached hydrogens (primary N) is 1. The van der Waals surface area contributed by atoms with Crippen LogP contribution in [0.1, 0.15) is 6.92 Å². The maximum atomic E-state index is 9.60. The number of carboxylic acid groups (broad SMARTS) is 1. The number of hydrogen-bond donors (Lipinski definition) is 3. The maximum Gasteiger partial charge on any atom is 0.330 e. The molecule has 6 N–H and O–H groups in total. The molecule has 12 heavy (non-hydrogen) atoms. The van der Waals surface area contributed by atoms with E-state index in [1.54, 1.807) is 0 Å². The van der Waals surface area contributed by atoms with Crippen LogP contribution < -0.4 is 11.9 Å². The van der Waals surface area contributed by atoms with E-state index in [1.807, 2.05) is 0 Å². The molecule has 0 aromatic rings. The summed E-state index contributed by atoms with van der Waals surface area (Å²) in [5.74, 6) is -1.42. The highest BCUT2D eigenvalue weighted by Crippen LogP contribution is 1.81. The predicted octanol–water partition coefficient (Wildman–Crippen LogP) is 0.467. The third-order valence-corrected chi connectivity index (χ3v) is 0.566. The number of primary amides is 1. The lowest BCUT2D eigenvalue weighted by atomic mass is 10.4. The van der Waals surface area contributed by atoms with Gasteiger partial charge in [0.25, 0.3) is 0 Å². The van der Waals surface area contributed by atoms with Crippen LogP contribution in [-0.4, -0.2) is 17.0 Å². The van der Waals surface area contributed by atoms with Crippen LogP contribution in [0.3, 0.4) is 0 Å². The first-order valence-corrected chi connectivity index (χ1v) is 2.72. The van der Waals surface area contributed by atoms with Crippen molar-refractivity contribution in [3.05, 3.63) is 24.8 Å². The topological polar surface area (TPSA) is 115 Å². The Balaban J connectivity index is -0.000000126. The molecule has 0 radical (unpaired) electrons. The Labute approximate surface area is 71.1 Å². The van der Waals surface area contributed by atoms with Gasteiger partial charge in [0.1, 0.15) is 0 Å². The van der Waals surface area contributed by atoms with Gasteiger partial charge in [-0.3, -0.25) is 4.79 Å². The van der Waals surface area contributed by atoms with Crippen molar-refractivity contribution in [3.63, 3.8) is 0 Å². The van der Waals surface area contributed by atoms with E-state index in [0.29, 0.717) is 0 Å². The van der Waals surface area contributed by atoms with Crippen molar-refractivity contribution in [1.82, 2.24) is 6.15 Å². The molecule has 0 aromatic heterocycles. The molecule has 0 aliphatic carbocycles. The summed E-state index contributed by atoms with van der Waals surface area (Å²) in [4.78, 5) is 19.1. The Bertz CT molecular complexity index is 175. The molecule has 0 spiro atoms. The normalized spacial score (nSPS) is 6.42. The van der Waals surface area contributed by atoms with E-state index < -0.39 is 11.9 Å². The lowest BCUT2D eigenvalue weighted by Gasteiger charge is -1.79. The van der Waals surface area contributed by atoms with Crippen LogP contribution in [0.2, 0.25) is 0 Å². The Kier molecular flexibility index (Phi) is 13.1. The van der Waals surface area contributed by atoms with Crippen molar-refractivity contribution in [2.24, 2.45) is 5.73 Å². The van der Waals surface area contributed by atoms with E-state index in [9.17, 15) is 9.59 Å². The van der Waals surface area contributed by atoms with E-state index in [2.05, 4.69) is 18.9 Å². The summed E-state index contributed by atoms with van der Waals surface area (Å²) in [5, 5.41) is 7.89. The van der Waals surface area contributed by atoms with Crippen LogP contribution >= 0.6 is 0 Å². The minimum atomic E-state index is -0.935. The fourth-order valence-corrected chi connectivity index (χ4v) is 0. The molecular formula is C7H14N2O3. The van der Waals surface area contributed by atoms with Crippen LogP contribution in [0.5, 0.6) is 0 Å². The van der Waals surface area contributed by atoms with Gasteiger partial charge in [0.2, 0.25) is 5.91 Å². The highest BCUT2D eigenvalue weighted by molar-refractivity contribution is 5.85. The summed E-state index contributed by atoms with van der Waals surface area (Å²) in [6.07, 6.45) is 1.06. The summed E-state index contributed by atoms with van der Waals surface area (Å²) in [6, 6.07) is 0. The van der Waals surface area contributed by atoms with Gasteiger partial charge < -0.3 is 17.0 Å². The smallest absolute Gasteiger partial charge is 0.330 e. The maximum absolute atomic E-state index is 9.60. The van der Waals surface area contributed by atoms with E-state index >= 15 is 0 Å². The standard InChI is InChI=1S/C4H6O2.C3H5NO.H3N/c1-3(2)4(5)6;1-2-3(4)5;/h1H2,2H3,(H,5,6);2H,1H2,(H2,4,5);1H3. The Morgan fingerprint density at radius 3 is 1.67 bits per heavy atom. The SMILES string of the molecule is C=C(C)C(=O)O.C=CC(N)=O.N. The largest absolute Gasteiger partial charge is 0.478 e. The fraction of sp³-hybridized carbons (Fsp3) is 0.143. The second kappa shape index (κ2) is 9.38. The first-order valence-electron chi connectivity index (χ1n) is 2.72. The summed E-state index contributed by atoms with van der Waals surface area (Å²) in [7, 11) is 0. The summed E-state index contributed by atoms with van der Waals surface area (Å²) < 4.78 is 0. The Hall–Kier alpha value is -1.62. The van der Waals surface area contributed by atoms with Crippen LogP contribution in [0.25, 0.3) is 0 Å². The zero-order chi connectivity index (χ0) is 9.44. The molecule has 70 valence electrons. The molecule has 0 saturated heterocycles. The van der Waals surface area contributed by atoms with Gasteiger partial charge in [-0.25, -0.2) is 4.79 Å². The number of carbonyl (C=O) groups excluding carboxylic acids is 1. The number of rotatable bonds is 2. The highest BCUT2D eigenvalue weighted by atomic mass is 16.4. The third kappa shape index (κ3) is 23.8. The molecule has 0 saturated carbocycles. The Morgan fingerprint density at radius 2 is 1.67 bits per heavy atom. The summed E-state index contributed by atoms with van der Waals surface area (Å²) in [5.41, 5.74) is 4.71. The molecular weight excluding hydrogens is 160 g/mol. The van der Waals surface area contributed by atoms with Gasteiger partial charge in [0.05, 0.1) is 0 Å². The van der Waals surface area contributed by atoms with Crippen LogP contribution in [-0.2, 0) is 9.59 Å². The molecule has 0 aromatic carbocycles. The first kappa shape index (κ1) is 16.8. The molecule has 0 aliphatic rings.